The Morgan fingerprint density at radius 1 is 1.40 bits per heavy atom. The van der Waals surface area contributed by atoms with Gasteiger partial charge in [-0.25, -0.2) is 0 Å². The molecule has 0 aliphatic rings. The lowest BCUT2D eigenvalue weighted by atomic mass is 10.2. The Hall–Kier alpha value is -1.75. The monoisotopic (exact) mass is 225 g/mol. The van der Waals surface area contributed by atoms with E-state index in [1.807, 2.05) is 0 Å². The minimum absolute atomic E-state index is 0.355. The first kappa shape index (κ1) is 9.79. The Labute approximate surface area is 89.1 Å². The van der Waals surface area contributed by atoms with Crippen LogP contribution >= 0.6 is 11.6 Å². The van der Waals surface area contributed by atoms with Crippen molar-refractivity contribution in [1.82, 2.24) is 9.55 Å². The van der Waals surface area contributed by atoms with E-state index in [0.717, 1.165) is 0 Å². The average molecular weight is 226 g/mol. The van der Waals surface area contributed by atoms with Gasteiger partial charge in [-0.3, -0.25) is 9.59 Å². The summed E-state index contributed by atoms with van der Waals surface area (Å²) in [5.41, 5.74) is 5.66. The van der Waals surface area contributed by atoms with E-state index in [2.05, 4.69) is 4.98 Å². The van der Waals surface area contributed by atoms with E-state index in [-0.39, 0.29) is 0 Å². The van der Waals surface area contributed by atoms with Gasteiger partial charge in [-0.05, 0) is 12.1 Å². The average Bonchev–Trinajstić information content (AvgIpc) is 2.13. The van der Waals surface area contributed by atoms with E-state index in [1.165, 1.54) is 17.7 Å². The number of nitrogens with two attached hydrogens (primary N) is 1. The van der Waals surface area contributed by atoms with Crippen LogP contribution in [0.5, 0.6) is 0 Å². The molecule has 6 heteroatoms. The molecule has 1 aromatic carbocycles. The van der Waals surface area contributed by atoms with Gasteiger partial charge in [-0.15, -0.1) is 0 Å². The highest BCUT2D eigenvalue weighted by Gasteiger charge is 2.07. The van der Waals surface area contributed by atoms with Gasteiger partial charge in [0.2, 0.25) is 0 Å². The molecule has 2 aromatic rings. The number of fused-ring (bicyclic) bond motifs is 1. The Morgan fingerprint density at radius 2 is 2.07 bits per heavy atom. The normalized spacial score (nSPS) is 10.8. The number of aromatic nitrogens is 2. The number of H-pyrrole nitrogens is 1. The fraction of sp³-hybridized carbons (Fsp3) is 0.111. The predicted molar refractivity (Wildman–Crippen MR) is 59.2 cm³/mol. The third kappa shape index (κ3) is 1.41. The molecule has 0 bridgehead atoms. The summed E-state index contributed by atoms with van der Waals surface area (Å²) in [6.45, 7) is 0. The van der Waals surface area contributed by atoms with Crippen LogP contribution in [0.4, 0.5) is 5.69 Å². The van der Waals surface area contributed by atoms with Crippen LogP contribution in [-0.4, -0.2) is 9.55 Å². The zero-order chi connectivity index (χ0) is 11.2. The van der Waals surface area contributed by atoms with Gasteiger partial charge in [-0.2, -0.15) is 0 Å². The van der Waals surface area contributed by atoms with Gasteiger partial charge in [0.05, 0.1) is 16.7 Å². The van der Waals surface area contributed by atoms with Gasteiger partial charge in [0.25, 0.3) is 0 Å². The molecule has 0 spiro atoms. The molecular weight excluding hydrogens is 218 g/mol. The Kier molecular flexibility index (Phi) is 2.04. The molecule has 2 rings (SSSR count). The highest BCUT2D eigenvalue weighted by atomic mass is 35.5. The SMILES string of the molecule is Cn1c(=O)c(=O)[nH]c2cc(Cl)cc(N)c21. The summed E-state index contributed by atoms with van der Waals surface area (Å²) < 4.78 is 1.21. The first-order valence-electron chi connectivity index (χ1n) is 4.19. The molecule has 0 fully saturated rings. The largest absolute Gasteiger partial charge is 0.397 e. The summed E-state index contributed by atoms with van der Waals surface area (Å²) >= 11 is 5.78. The van der Waals surface area contributed by atoms with Crippen LogP contribution in [0, 0.1) is 0 Å². The van der Waals surface area contributed by atoms with E-state index in [9.17, 15) is 9.59 Å². The second kappa shape index (κ2) is 3.13. The third-order valence-electron chi connectivity index (χ3n) is 2.19. The molecule has 1 aromatic heterocycles. The van der Waals surface area contributed by atoms with Crippen molar-refractivity contribution >= 4 is 28.3 Å². The van der Waals surface area contributed by atoms with Gasteiger partial charge >= 0.3 is 11.1 Å². The van der Waals surface area contributed by atoms with E-state index >= 15 is 0 Å². The number of nitrogens with one attached hydrogen (secondary N) is 1. The number of rotatable bonds is 0. The van der Waals surface area contributed by atoms with E-state index in [4.69, 9.17) is 17.3 Å². The van der Waals surface area contributed by atoms with Crippen LogP contribution in [-0.2, 0) is 7.05 Å². The Morgan fingerprint density at radius 3 is 2.73 bits per heavy atom. The van der Waals surface area contributed by atoms with Crippen molar-refractivity contribution in [3.63, 3.8) is 0 Å². The number of benzene rings is 1. The van der Waals surface area contributed by atoms with Gasteiger partial charge in [-0.1, -0.05) is 11.6 Å². The highest BCUT2D eigenvalue weighted by Crippen LogP contribution is 2.22. The number of hydrogen-bond donors (Lipinski definition) is 2. The van der Waals surface area contributed by atoms with Crippen molar-refractivity contribution in [3.8, 4) is 0 Å². The van der Waals surface area contributed by atoms with Crippen LogP contribution in [0.25, 0.3) is 11.0 Å². The Bertz CT molecular complexity index is 657. The summed E-state index contributed by atoms with van der Waals surface area (Å²) in [6, 6.07) is 3.08. The fourth-order valence-electron chi connectivity index (χ4n) is 1.52. The van der Waals surface area contributed by atoms with E-state index in [1.54, 1.807) is 6.07 Å². The third-order valence-corrected chi connectivity index (χ3v) is 2.40. The first-order valence-corrected chi connectivity index (χ1v) is 4.56. The van der Waals surface area contributed by atoms with E-state index < -0.39 is 11.1 Å². The number of halogens is 1. The minimum atomic E-state index is -0.688. The van der Waals surface area contributed by atoms with Gasteiger partial charge < -0.3 is 15.3 Å². The van der Waals surface area contributed by atoms with Crippen LogP contribution < -0.4 is 16.9 Å². The minimum Gasteiger partial charge on any atom is -0.397 e. The van der Waals surface area contributed by atoms with Gasteiger partial charge in [0.1, 0.15) is 0 Å². The predicted octanol–water partition coefficient (Wildman–Crippen LogP) is 0.462. The maximum atomic E-state index is 11.4. The lowest BCUT2D eigenvalue weighted by molar-refractivity contribution is 0.875. The summed E-state index contributed by atoms with van der Waals surface area (Å²) in [7, 11) is 1.49. The van der Waals surface area contributed by atoms with Gasteiger partial charge in [0.15, 0.2) is 0 Å². The number of aromatic amines is 1. The summed E-state index contributed by atoms with van der Waals surface area (Å²) in [6.07, 6.45) is 0. The van der Waals surface area contributed by atoms with Crippen molar-refractivity contribution in [2.45, 2.75) is 0 Å². The van der Waals surface area contributed by atoms with Gasteiger partial charge in [0, 0.05) is 12.1 Å². The molecule has 15 heavy (non-hydrogen) atoms. The van der Waals surface area contributed by atoms with Crippen molar-refractivity contribution in [2.75, 3.05) is 5.73 Å². The summed E-state index contributed by atoms with van der Waals surface area (Å²) in [5, 5.41) is 0.411. The molecule has 0 unspecified atom stereocenters. The lowest BCUT2D eigenvalue weighted by Gasteiger charge is -2.06. The Balaban J connectivity index is 3.13. The van der Waals surface area contributed by atoms with Crippen LogP contribution in [0.3, 0.4) is 0 Å². The number of anilines is 1. The lowest BCUT2D eigenvalue weighted by Crippen LogP contribution is -2.35. The first-order chi connectivity index (χ1) is 7.00. The molecule has 0 atom stereocenters. The van der Waals surface area contributed by atoms with Crippen molar-refractivity contribution < 1.29 is 0 Å². The molecule has 0 aliphatic carbocycles. The standard InChI is InChI=1S/C9H8ClN3O2/c1-13-7-5(11)2-4(10)3-6(7)12-8(14)9(13)15/h2-3H,11H2,1H3,(H,12,14). The van der Waals surface area contributed by atoms with E-state index in [0.29, 0.717) is 21.7 Å². The maximum Gasteiger partial charge on any atom is 0.316 e. The molecule has 0 amide bonds. The van der Waals surface area contributed by atoms with Crippen molar-refractivity contribution in [2.24, 2.45) is 7.05 Å². The second-order valence-corrected chi connectivity index (χ2v) is 3.65. The number of nitrogen functional groups attached to an aromatic ring is 1. The molecule has 5 nitrogen and oxygen atoms in total. The van der Waals surface area contributed by atoms with Crippen LogP contribution in [0.15, 0.2) is 21.7 Å². The number of nitrogens with zero attached hydrogens (tertiary/aromatic N) is 1. The molecule has 0 saturated carbocycles. The smallest absolute Gasteiger partial charge is 0.316 e. The molecule has 78 valence electrons. The van der Waals surface area contributed by atoms with Crippen LogP contribution in [0.1, 0.15) is 0 Å². The molecule has 1 heterocycles. The second-order valence-electron chi connectivity index (χ2n) is 3.21. The molecule has 3 N–H and O–H groups in total. The maximum absolute atomic E-state index is 11.4. The molecule has 0 radical (unpaired) electrons. The molecular formula is C9H8ClN3O2. The molecule has 0 aliphatic heterocycles. The quantitative estimate of drug-likeness (QED) is 0.505. The van der Waals surface area contributed by atoms with Crippen molar-refractivity contribution in [1.29, 1.82) is 0 Å². The van der Waals surface area contributed by atoms with Crippen LogP contribution in [0.2, 0.25) is 5.02 Å². The zero-order valence-electron chi connectivity index (χ0n) is 7.87. The highest BCUT2D eigenvalue weighted by molar-refractivity contribution is 6.31. The summed E-state index contributed by atoms with van der Waals surface area (Å²) in [4.78, 5) is 25.0. The number of aryl methyl sites for hydroxylation is 1. The zero-order valence-corrected chi connectivity index (χ0v) is 8.63. The summed E-state index contributed by atoms with van der Waals surface area (Å²) in [5.74, 6) is 0. The fourth-order valence-corrected chi connectivity index (χ4v) is 1.75. The topological polar surface area (TPSA) is 80.9 Å². The molecule has 0 saturated heterocycles. The van der Waals surface area contributed by atoms with Crippen molar-refractivity contribution in [3.05, 3.63) is 37.9 Å². The number of hydrogen-bond acceptors (Lipinski definition) is 3.